The van der Waals surface area contributed by atoms with Gasteiger partial charge in [-0.3, -0.25) is 4.98 Å². The third-order valence-electron chi connectivity index (χ3n) is 4.51. The molecule has 2 atom stereocenters. The van der Waals surface area contributed by atoms with Crippen LogP contribution in [0.1, 0.15) is 41.1 Å². The van der Waals surface area contributed by atoms with Crippen LogP contribution in [0.15, 0.2) is 47.2 Å². The minimum absolute atomic E-state index is 0.302. The highest BCUT2D eigenvalue weighted by Gasteiger charge is 2.43. The molecule has 2 heterocycles. The summed E-state index contributed by atoms with van der Waals surface area (Å²) in [7, 11) is 3.25. The molecule has 0 radical (unpaired) electrons. The first-order valence-corrected chi connectivity index (χ1v) is 8.21. The number of rotatable bonds is 6. The first-order chi connectivity index (χ1) is 12.3. The number of nitrogens with zero attached hydrogens (tertiary/aromatic N) is 3. The quantitative estimate of drug-likeness (QED) is 0.687. The predicted octanol–water partition coefficient (Wildman–Crippen LogP) is 3.34. The number of benzene rings is 1. The summed E-state index contributed by atoms with van der Waals surface area (Å²) in [6.07, 6.45) is 5.32. The van der Waals surface area contributed by atoms with Crippen LogP contribution in [-0.4, -0.2) is 29.3 Å². The molecule has 0 aliphatic heterocycles. The fraction of sp³-hybridized carbons (Fsp3) is 0.316. The molecule has 4 rings (SSSR count). The SMILES string of the molecule is COc1ccc(Cc2noc(C3CC3c3cccnc3)n2)cc1OC. The molecular weight excluding hydrogens is 318 g/mol. The lowest BCUT2D eigenvalue weighted by molar-refractivity contribution is 0.354. The van der Waals surface area contributed by atoms with Crippen molar-refractivity contribution in [2.45, 2.75) is 24.7 Å². The molecule has 0 spiro atoms. The fourth-order valence-electron chi connectivity index (χ4n) is 3.09. The zero-order valence-corrected chi connectivity index (χ0v) is 14.2. The Morgan fingerprint density at radius 1 is 1.12 bits per heavy atom. The van der Waals surface area contributed by atoms with Gasteiger partial charge in [-0.05, 0) is 41.7 Å². The molecule has 25 heavy (non-hydrogen) atoms. The summed E-state index contributed by atoms with van der Waals surface area (Å²) in [5.41, 5.74) is 2.27. The van der Waals surface area contributed by atoms with E-state index in [1.165, 1.54) is 5.56 Å². The van der Waals surface area contributed by atoms with Crippen LogP contribution in [0.3, 0.4) is 0 Å². The second-order valence-corrected chi connectivity index (χ2v) is 6.15. The van der Waals surface area contributed by atoms with E-state index in [4.69, 9.17) is 14.0 Å². The molecule has 0 saturated heterocycles. The number of aromatic nitrogens is 3. The second kappa shape index (κ2) is 6.55. The Morgan fingerprint density at radius 3 is 2.76 bits per heavy atom. The van der Waals surface area contributed by atoms with Gasteiger partial charge in [0.05, 0.1) is 14.2 Å². The minimum atomic E-state index is 0.302. The van der Waals surface area contributed by atoms with Crippen molar-refractivity contribution in [3.63, 3.8) is 0 Å². The third-order valence-corrected chi connectivity index (χ3v) is 4.51. The first-order valence-electron chi connectivity index (χ1n) is 8.21. The van der Waals surface area contributed by atoms with Crippen molar-refractivity contribution in [3.8, 4) is 11.5 Å². The highest BCUT2D eigenvalue weighted by atomic mass is 16.5. The van der Waals surface area contributed by atoms with Crippen LogP contribution in [0, 0.1) is 0 Å². The van der Waals surface area contributed by atoms with Gasteiger partial charge in [-0.25, -0.2) is 0 Å². The topological polar surface area (TPSA) is 70.3 Å². The van der Waals surface area contributed by atoms with Gasteiger partial charge in [0.15, 0.2) is 17.3 Å². The van der Waals surface area contributed by atoms with Crippen LogP contribution >= 0.6 is 0 Å². The van der Waals surface area contributed by atoms with Crippen molar-refractivity contribution >= 4 is 0 Å². The van der Waals surface area contributed by atoms with Gasteiger partial charge >= 0.3 is 0 Å². The maximum Gasteiger partial charge on any atom is 0.230 e. The van der Waals surface area contributed by atoms with E-state index < -0.39 is 0 Å². The maximum atomic E-state index is 5.48. The molecule has 0 amide bonds. The molecule has 1 aliphatic rings. The van der Waals surface area contributed by atoms with Gasteiger partial charge in [-0.1, -0.05) is 17.3 Å². The van der Waals surface area contributed by atoms with E-state index in [1.54, 1.807) is 20.4 Å². The lowest BCUT2D eigenvalue weighted by Crippen LogP contribution is -1.95. The molecule has 0 bridgehead atoms. The van der Waals surface area contributed by atoms with Crippen LogP contribution < -0.4 is 9.47 Å². The van der Waals surface area contributed by atoms with E-state index in [2.05, 4.69) is 21.2 Å². The molecule has 1 fully saturated rings. The number of ether oxygens (including phenoxy) is 2. The van der Waals surface area contributed by atoms with Crippen LogP contribution in [-0.2, 0) is 6.42 Å². The van der Waals surface area contributed by atoms with E-state index in [1.807, 2.05) is 30.5 Å². The van der Waals surface area contributed by atoms with E-state index in [-0.39, 0.29) is 0 Å². The molecule has 2 aromatic heterocycles. The Balaban J connectivity index is 1.46. The molecule has 1 aliphatic carbocycles. The largest absolute Gasteiger partial charge is 0.493 e. The Labute approximate surface area is 145 Å². The molecule has 6 nitrogen and oxygen atoms in total. The summed E-state index contributed by atoms with van der Waals surface area (Å²) < 4.78 is 16.1. The van der Waals surface area contributed by atoms with Gasteiger partial charge in [0, 0.05) is 24.7 Å². The average molecular weight is 337 g/mol. The molecule has 1 saturated carbocycles. The second-order valence-electron chi connectivity index (χ2n) is 6.15. The Hall–Kier alpha value is -2.89. The summed E-state index contributed by atoms with van der Waals surface area (Å²) in [5, 5.41) is 4.13. The number of hydrogen-bond donors (Lipinski definition) is 0. The van der Waals surface area contributed by atoms with Gasteiger partial charge in [0.25, 0.3) is 0 Å². The van der Waals surface area contributed by atoms with E-state index in [9.17, 15) is 0 Å². The highest BCUT2D eigenvalue weighted by molar-refractivity contribution is 5.43. The normalized spacial score (nSPS) is 18.8. The Bertz CT molecular complexity index is 863. The van der Waals surface area contributed by atoms with Crippen LogP contribution in [0.4, 0.5) is 0 Å². The van der Waals surface area contributed by atoms with Crippen LogP contribution in [0.5, 0.6) is 11.5 Å². The predicted molar refractivity (Wildman–Crippen MR) is 91.0 cm³/mol. The van der Waals surface area contributed by atoms with Crippen molar-refractivity contribution < 1.29 is 14.0 Å². The third kappa shape index (κ3) is 3.20. The lowest BCUT2D eigenvalue weighted by Gasteiger charge is -2.08. The van der Waals surface area contributed by atoms with E-state index in [0.29, 0.717) is 41.5 Å². The zero-order chi connectivity index (χ0) is 17.2. The molecule has 1 aromatic carbocycles. The van der Waals surface area contributed by atoms with Crippen molar-refractivity contribution in [2.75, 3.05) is 14.2 Å². The minimum Gasteiger partial charge on any atom is -0.493 e. The molecular formula is C19H19N3O3. The summed E-state index contributed by atoms with van der Waals surface area (Å²) in [6.45, 7) is 0. The fourth-order valence-corrected chi connectivity index (χ4v) is 3.09. The van der Waals surface area contributed by atoms with Crippen molar-refractivity contribution in [1.82, 2.24) is 15.1 Å². The summed E-state index contributed by atoms with van der Waals surface area (Å²) in [5.74, 6) is 3.53. The maximum absolute atomic E-state index is 5.48. The first kappa shape index (κ1) is 15.6. The number of hydrogen-bond acceptors (Lipinski definition) is 6. The number of pyridine rings is 1. The average Bonchev–Trinajstić information content (AvgIpc) is 3.34. The van der Waals surface area contributed by atoms with Gasteiger partial charge in [0.1, 0.15) is 0 Å². The summed E-state index contributed by atoms with van der Waals surface area (Å²) in [6, 6.07) is 9.85. The smallest absolute Gasteiger partial charge is 0.230 e. The Morgan fingerprint density at radius 2 is 2.00 bits per heavy atom. The van der Waals surface area contributed by atoms with Crippen molar-refractivity contribution in [1.29, 1.82) is 0 Å². The number of methoxy groups -OCH3 is 2. The standard InChI is InChI=1S/C19H19N3O3/c1-23-16-6-5-12(8-17(16)24-2)9-18-21-19(25-22-18)15-10-14(15)13-4-3-7-20-11-13/h3-8,11,14-15H,9-10H2,1-2H3. The monoisotopic (exact) mass is 337 g/mol. The van der Waals surface area contributed by atoms with Crippen LogP contribution in [0.2, 0.25) is 0 Å². The zero-order valence-electron chi connectivity index (χ0n) is 14.2. The van der Waals surface area contributed by atoms with Gasteiger partial charge in [-0.2, -0.15) is 4.98 Å². The van der Waals surface area contributed by atoms with Gasteiger partial charge in [-0.15, -0.1) is 0 Å². The summed E-state index contributed by atoms with van der Waals surface area (Å²) >= 11 is 0. The molecule has 2 unspecified atom stereocenters. The lowest BCUT2D eigenvalue weighted by atomic mass is 10.1. The Kier molecular flexibility index (Phi) is 4.09. The highest BCUT2D eigenvalue weighted by Crippen LogP contribution is 2.53. The van der Waals surface area contributed by atoms with Crippen LogP contribution in [0.25, 0.3) is 0 Å². The van der Waals surface area contributed by atoms with Gasteiger partial charge < -0.3 is 14.0 Å². The van der Waals surface area contributed by atoms with Crippen molar-refractivity contribution in [3.05, 3.63) is 65.6 Å². The summed E-state index contributed by atoms with van der Waals surface area (Å²) in [4.78, 5) is 8.75. The molecule has 6 heteroatoms. The molecule has 0 N–H and O–H groups in total. The molecule has 128 valence electrons. The van der Waals surface area contributed by atoms with Crippen molar-refractivity contribution in [2.24, 2.45) is 0 Å². The molecule has 3 aromatic rings. The van der Waals surface area contributed by atoms with E-state index >= 15 is 0 Å². The van der Waals surface area contributed by atoms with E-state index in [0.717, 1.165) is 12.0 Å². The van der Waals surface area contributed by atoms with Gasteiger partial charge in [0.2, 0.25) is 5.89 Å².